The van der Waals surface area contributed by atoms with Crippen molar-refractivity contribution in [1.29, 1.82) is 0 Å². The number of amides is 1. The van der Waals surface area contributed by atoms with Gasteiger partial charge in [-0.1, -0.05) is 30.3 Å². The standard InChI is InChI=1S/C19H20ClN3O2S2/c1-4-9-21-15(24)10-26-19-22-17-16(11(2)12(3)27-17)18(25)23(19)14-7-5-13(20)6-8-14/h5-8H,4,9-10H2,1-3H3,(H,21,24). The smallest absolute Gasteiger partial charge is 0.267 e. The third kappa shape index (κ3) is 4.20. The van der Waals surface area contributed by atoms with Crippen LogP contribution in [0.1, 0.15) is 23.8 Å². The molecule has 0 radical (unpaired) electrons. The van der Waals surface area contributed by atoms with Crippen molar-refractivity contribution >= 4 is 50.8 Å². The predicted molar refractivity (Wildman–Crippen MR) is 114 cm³/mol. The van der Waals surface area contributed by atoms with Crippen LogP contribution < -0.4 is 10.9 Å². The van der Waals surface area contributed by atoms with Crippen LogP contribution in [-0.4, -0.2) is 27.8 Å². The van der Waals surface area contributed by atoms with Gasteiger partial charge in [0.15, 0.2) is 5.16 Å². The third-order valence-electron chi connectivity index (χ3n) is 4.16. The second-order valence-corrected chi connectivity index (χ2v) is 8.70. The molecule has 1 amide bonds. The zero-order valence-electron chi connectivity index (χ0n) is 15.3. The Hall–Kier alpha value is -1.83. The van der Waals surface area contributed by atoms with E-state index in [2.05, 4.69) is 5.32 Å². The topological polar surface area (TPSA) is 64.0 Å². The number of nitrogens with zero attached hydrogens (tertiary/aromatic N) is 2. The van der Waals surface area contributed by atoms with Gasteiger partial charge in [-0.25, -0.2) is 4.98 Å². The van der Waals surface area contributed by atoms with Crippen molar-refractivity contribution in [2.45, 2.75) is 32.3 Å². The second kappa shape index (κ2) is 8.46. The summed E-state index contributed by atoms with van der Waals surface area (Å²) in [5, 5.41) is 4.57. The largest absolute Gasteiger partial charge is 0.355 e. The van der Waals surface area contributed by atoms with E-state index in [0.29, 0.717) is 32.6 Å². The first-order valence-corrected chi connectivity index (χ1v) is 10.8. The van der Waals surface area contributed by atoms with Gasteiger partial charge in [-0.05, 0) is 50.1 Å². The van der Waals surface area contributed by atoms with Crippen LogP contribution in [0.2, 0.25) is 5.02 Å². The summed E-state index contributed by atoms with van der Waals surface area (Å²) < 4.78 is 1.57. The molecule has 0 aliphatic rings. The van der Waals surface area contributed by atoms with Gasteiger partial charge in [-0.3, -0.25) is 14.2 Å². The lowest BCUT2D eigenvalue weighted by Crippen LogP contribution is -2.27. The van der Waals surface area contributed by atoms with E-state index in [9.17, 15) is 9.59 Å². The Morgan fingerprint density at radius 2 is 2.00 bits per heavy atom. The average molecular weight is 422 g/mol. The van der Waals surface area contributed by atoms with E-state index < -0.39 is 0 Å². The van der Waals surface area contributed by atoms with Gasteiger partial charge in [0.05, 0.1) is 16.8 Å². The second-order valence-electron chi connectivity index (χ2n) is 6.11. The number of carbonyl (C=O) groups is 1. The van der Waals surface area contributed by atoms with Crippen LogP contribution in [0.25, 0.3) is 15.9 Å². The minimum atomic E-state index is -0.124. The highest BCUT2D eigenvalue weighted by molar-refractivity contribution is 7.99. The first-order chi connectivity index (χ1) is 12.9. The summed E-state index contributed by atoms with van der Waals surface area (Å²) in [5.74, 6) is 0.131. The molecule has 0 saturated heterocycles. The van der Waals surface area contributed by atoms with Gasteiger partial charge in [0.1, 0.15) is 4.83 Å². The number of aromatic nitrogens is 2. The van der Waals surface area contributed by atoms with Crippen molar-refractivity contribution in [3.63, 3.8) is 0 Å². The number of carbonyl (C=O) groups excluding carboxylic acids is 1. The number of halogens is 1. The van der Waals surface area contributed by atoms with Crippen molar-refractivity contribution in [2.75, 3.05) is 12.3 Å². The summed E-state index contributed by atoms with van der Waals surface area (Å²) in [5.41, 5.74) is 1.51. The Labute approximate surface area is 170 Å². The van der Waals surface area contributed by atoms with Crippen LogP contribution in [0.4, 0.5) is 0 Å². The fourth-order valence-electron chi connectivity index (χ4n) is 2.64. The first kappa shape index (κ1) is 19.9. The minimum absolute atomic E-state index is 0.0719. The van der Waals surface area contributed by atoms with Crippen LogP contribution in [0, 0.1) is 13.8 Å². The van der Waals surface area contributed by atoms with Crippen LogP contribution in [0.5, 0.6) is 0 Å². The summed E-state index contributed by atoms with van der Waals surface area (Å²) in [7, 11) is 0. The molecule has 0 bridgehead atoms. The highest BCUT2D eigenvalue weighted by atomic mass is 35.5. The lowest BCUT2D eigenvalue weighted by atomic mass is 10.2. The van der Waals surface area contributed by atoms with Gasteiger partial charge >= 0.3 is 0 Å². The zero-order valence-corrected chi connectivity index (χ0v) is 17.7. The summed E-state index contributed by atoms with van der Waals surface area (Å²) >= 11 is 8.76. The van der Waals surface area contributed by atoms with Crippen LogP contribution in [0.15, 0.2) is 34.2 Å². The molecule has 27 heavy (non-hydrogen) atoms. The molecule has 3 rings (SSSR count). The maximum Gasteiger partial charge on any atom is 0.267 e. The molecule has 3 aromatic rings. The van der Waals surface area contributed by atoms with Crippen molar-refractivity contribution in [1.82, 2.24) is 14.9 Å². The van der Waals surface area contributed by atoms with Gasteiger partial charge in [0.2, 0.25) is 5.91 Å². The predicted octanol–water partition coefficient (Wildman–Crippen LogP) is 4.34. The fraction of sp³-hybridized carbons (Fsp3) is 0.316. The number of thiophene rings is 1. The number of hydrogen-bond donors (Lipinski definition) is 1. The molecule has 0 spiro atoms. The fourth-order valence-corrected chi connectivity index (χ4v) is 4.67. The van der Waals surface area contributed by atoms with E-state index in [1.54, 1.807) is 28.8 Å². The van der Waals surface area contributed by atoms with Gasteiger partial charge in [-0.2, -0.15) is 0 Å². The van der Waals surface area contributed by atoms with Crippen molar-refractivity contribution in [3.8, 4) is 5.69 Å². The quantitative estimate of drug-likeness (QED) is 0.475. The summed E-state index contributed by atoms with van der Waals surface area (Å²) in [6, 6.07) is 7.04. The van der Waals surface area contributed by atoms with E-state index in [0.717, 1.165) is 16.9 Å². The lowest BCUT2D eigenvalue weighted by Gasteiger charge is -2.12. The van der Waals surface area contributed by atoms with Gasteiger partial charge in [0, 0.05) is 16.4 Å². The Balaban J connectivity index is 2.10. The molecular formula is C19H20ClN3O2S2. The Morgan fingerprint density at radius 3 is 2.67 bits per heavy atom. The summed E-state index contributed by atoms with van der Waals surface area (Å²) in [6.45, 7) is 6.56. The number of nitrogens with one attached hydrogen (secondary N) is 1. The molecule has 8 heteroatoms. The average Bonchev–Trinajstić information content (AvgIpc) is 2.93. The number of aryl methyl sites for hydroxylation is 2. The van der Waals surface area contributed by atoms with E-state index in [4.69, 9.17) is 16.6 Å². The highest BCUT2D eigenvalue weighted by Gasteiger charge is 2.18. The Bertz CT molecular complexity index is 1040. The van der Waals surface area contributed by atoms with Crippen molar-refractivity contribution < 1.29 is 4.79 Å². The zero-order chi connectivity index (χ0) is 19.6. The Morgan fingerprint density at radius 1 is 1.30 bits per heavy atom. The van der Waals surface area contributed by atoms with E-state index in [-0.39, 0.29) is 17.2 Å². The van der Waals surface area contributed by atoms with Crippen molar-refractivity contribution in [2.24, 2.45) is 0 Å². The van der Waals surface area contributed by atoms with Gasteiger partial charge < -0.3 is 5.32 Å². The third-order valence-corrected chi connectivity index (χ3v) is 6.45. The molecule has 1 aromatic carbocycles. The number of thioether (sulfide) groups is 1. The number of benzene rings is 1. The maximum absolute atomic E-state index is 13.3. The van der Waals surface area contributed by atoms with Crippen LogP contribution in [-0.2, 0) is 4.79 Å². The molecule has 142 valence electrons. The highest BCUT2D eigenvalue weighted by Crippen LogP contribution is 2.29. The SMILES string of the molecule is CCCNC(=O)CSc1nc2sc(C)c(C)c2c(=O)n1-c1ccc(Cl)cc1. The Kier molecular flexibility index (Phi) is 6.24. The van der Waals surface area contributed by atoms with Crippen LogP contribution >= 0.6 is 34.7 Å². The molecule has 5 nitrogen and oxygen atoms in total. The maximum atomic E-state index is 13.3. The molecule has 2 heterocycles. The molecular weight excluding hydrogens is 402 g/mol. The van der Waals surface area contributed by atoms with Gasteiger partial charge in [-0.15, -0.1) is 11.3 Å². The van der Waals surface area contributed by atoms with Gasteiger partial charge in [0.25, 0.3) is 5.56 Å². The van der Waals surface area contributed by atoms with E-state index in [1.807, 2.05) is 20.8 Å². The summed E-state index contributed by atoms with van der Waals surface area (Å²) in [4.78, 5) is 31.8. The molecule has 0 fully saturated rings. The van der Waals surface area contributed by atoms with Crippen molar-refractivity contribution in [3.05, 3.63) is 50.1 Å². The molecule has 0 aliphatic heterocycles. The molecule has 1 N–H and O–H groups in total. The first-order valence-electron chi connectivity index (χ1n) is 8.60. The normalized spacial score (nSPS) is 11.1. The molecule has 2 aromatic heterocycles. The summed E-state index contributed by atoms with van der Waals surface area (Å²) in [6.07, 6.45) is 0.879. The number of fused-ring (bicyclic) bond motifs is 1. The monoisotopic (exact) mass is 421 g/mol. The number of hydrogen-bond acceptors (Lipinski definition) is 5. The number of rotatable bonds is 6. The lowest BCUT2D eigenvalue weighted by molar-refractivity contribution is -0.118. The minimum Gasteiger partial charge on any atom is -0.355 e. The van der Waals surface area contributed by atoms with E-state index in [1.165, 1.54) is 23.1 Å². The molecule has 0 atom stereocenters. The molecule has 0 aliphatic carbocycles. The molecule has 0 saturated carbocycles. The molecule has 0 unspecified atom stereocenters. The van der Waals surface area contributed by atoms with Crippen LogP contribution in [0.3, 0.4) is 0 Å². The van der Waals surface area contributed by atoms with E-state index >= 15 is 0 Å².